The highest BCUT2D eigenvalue weighted by molar-refractivity contribution is 5.34. The number of nitrogens with zero attached hydrogens (tertiary/aromatic N) is 1. The normalized spacial score (nSPS) is 21.8. The largest absolute Gasteiger partial charge is 0.318 e. The van der Waals surface area contributed by atoms with Gasteiger partial charge in [0.1, 0.15) is 0 Å². The molecule has 2 heteroatoms. The minimum absolute atomic E-state index is 0.557. The topological polar surface area (TPSA) is 15.3 Å². The van der Waals surface area contributed by atoms with Gasteiger partial charge in [-0.3, -0.25) is 4.90 Å². The standard InChI is InChI=1S/C11H16N2/c1-12-7-11-10-6-4-3-5-9(10)8-13(11)2/h3-6,11-12H,7-8H2,1-2H3. The summed E-state index contributed by atoms with van der Waals surface area (Å²) in [6.07, 6.45) is 0. The zero-order valence-corrected chi connectivity index (χ0v) is 8.25. The molecule has 1 atom stereocenters. The van der Waals surface area contributed by atoms with Crippen molar-refractivity contribution in [2.45, 2.75) is 12.6 Å². The second kappa shape index (κ2) is 3.48. The van der Waals surface area contributed by atoms with Crippen LogP contribution >= 0.6 is 0 Å². The second-order valence-corrected chi connectivity index (χ2v) is 3.69. The zero-order valence-electron chi connectivity index (χ0n) is 8.25. The number of hydrogen-bond acceptors (Lipinski definition) is 2. The van der Waals surface area contributed by atoms with Gasteiger partial charge in [-0.1, -0.05) is 24.3 Å². The first kappa shape index (κ1) is 8.73. The highest BCUT2D eigenvalue weighted by Gasteiger charge is 2.25. The third-order valence-electron chi connectivity index (χ3n) is 2.76. The third kappa shape index (κ3) is 1.47. The Kier molecular flexibility index (Phi) is 2.34. The van der Waals surface area contributed by atoms with E-state index in [1.54, 1.807) is 0 Å². The highest BCUT2D eigenvalue weighted by atomic mass is 15.2. The van der Waals surface area contributed by atoms with Crippen LogP contribution in [0.5, 0.6) is 0 Å². The molecule has 70 valence electrons. The van der Waals surface area contributed by atoms with Gasteiger partial charge in [0.05, 0.1) is 0 Å². The summed E-state index contributed by atoms with van der Waals surface area (Å²) in [4.78, 5) is 2.39. The SMILES string of the molecule is CNCC1c2ccccc2CN1C. The van der Waals surface area contributed by atoms with Gasteiger partial charge in [0, 0.05) is 19.1 Å². The Morgan fingerprint density at radius 2 is 2.23 bits per heavy atom. The van der Waals surface area contributed by atoms with Crippen LogP contribution in [0.25, 0.3) is 0 Å². The molecular formula is C11H16N2. The summed E-state index contributed by atoms with van der Waals surface area (Å²) < 4.78 is 0. The van der Waals surface area contributed by atoms with Gasteiger partial charge < -0.3 is 5.32 Å². The summed E-state index contributed by atoms with van der Waals surface area (Å²) in [5.74, 6) is 0. The maximum absolute atomic E-state index is 3.24. The molecule has 0 aliphatic carbocycles. The van der Waals surface area contributed by atoms with E-state index in [4.69, 9.17) is 0 Å². The summed E-state index contributed by atoms with van der Waals surface area (Å²) in [6.45, 7) is 2.12. The molecule has 0 bridgehead atoms. The van der Waals surface area contributed by atoms with Crippen LogP contribution in [0.1, 0.15) is 17.2 Å². The number of benzene rings is 1. The Hall–Kier alpha value is -0.860. The summed E-state index contributed by atoms with van der Waals surface area (Å²) in [6, 6.07) is 9.26. The fraction of sp³-hybridized carbons (Fsp3) is 0.455. The lowest BCUT2D eigenvalue weighted by molar-refractivity contribution is 0.264. The van der Waals surface area contributed by atoms with Crippen molar-refractivity contribution in [2.75, 3.05) is 20.6 Å². The molecule has 0 amide bonds. The van der Waals surface area contributed by atoms with E-state index >= 15 is 0 Å². The minimum Gasteiger partial charge on any atom is -0.318 e. The van der Waals surface area contributed by atoms with Gasteiger partial charge in [0.25, 0.3) is 0 Å². The van der Waals surface area contributed by atoms with Gasteiger partial charge in [-0.25, -0.2) is 0 Å². The van der Waals surface area contributed by atoms with E-state index in [9.17, 15) is 0 Å². The molecule has 1 heterocycles. The molecule has 1 N–H and O–H groups in total. The molecular weight excluding hydrogens is 160 g/mol. The molecule has 0 aromatic heterocycles. The number of rotatable bonds is 2. The lowest BCUT2D eigenvalue weighted by Crippen LogP contribution is -2.26. The molecule has 1 aromatic rings. The van der Waals surface area contributed by atoms with E-state index in [1.807, 2.05) is 7.05 Å². The summed E-state index contributed by atoms with van der Waals surface area (Å²) in [7, 11) is 4.19. The van der Waals surface area contributed by atoms with E-state index in [2.05, 4.69) is 41.5 Å². The van der Waals surface area contributed by atoms with Crippen LogP contribution in [0.3, 0.4) is 0 Å². The van der Waals surface area contributed by atoms with Crippen LogP contribution < -0.4 is 5.32 Å². The predicted octanol–water partition coefficient (Wildman–Crippen LogP) is 1.39. The number of hydrogen-bond donors (Lipinski definition) is 1. The van der Waals surface area contributed by atoms with Gasteiger partial charge in [0.2, 0.25) is 0 Å². The van der Waals surface area contributed by atoms with Crippen molar-refractivity contribution in [2.24, 2.45) is 0 Å². The highest BCUT2D eigenvalue weighted by Crippen LogP contribution is 2.31. The summed E-state index contributed by atoms with van der Waals surface area (Å²) in [5, 5.41) is 3.24. The molecule has 0 radical (unpaired) electrons. The smallest absolute Gasteiger partial charge is 0.0476 e. The van der Waals surface area contributed by atoms with Gasteiger partial charge >= 0.3 is 0 Å². The molecule has 13 heavy (non-hydrogen) atoms. The van der Waals surface area contributed by atoms with E-state index in [0.717, 1.165) is 13.1 Å². The quantitative estimate of drug-likeness (QED) is 0.732. The third-order valence-corrected chi connectivity index (χ3v) is 2.76. The van der Waals surface area contributed by atoms with Crippen molar-refractivity contribution in [3.63, 3.8) is 0 Å². The molecule has 0 spiro atoms. The van der Waals surface area contributed by atoms with Gasteiger partial charge in [-0.05, 0) is 25.2 Å². The van der Waals surface area contributed by atoms with Crippen molar-refractivity contribution >= 4 is 0 Å². The van der Waals surface area contributed by atoms with Crippen LogP contribution in [0.2, 0.25) is 0 Å². The Morgan fingerprint density at radius 1 is 1.46 bits per heavy atom. The Balaban J connectivity index is 2.29. The number of likely N-dealkylation sites (N-methyl/N-ethyl adjacent to an activating group) is 2. The first-order valence-electron chi connectivity index (χ1n) is 4.75. The van der Waals surface area contributed by atoms with Crippen LogP contribution in [0.15, 0.2) is 24.3 Å². The van der Waals surface area contributed by atoms with Crippen molar-refractivity contribution in [3.8, 4) is 0 Å². The summed E-state index contributed by atoms with van der Waals surface area (Å²) in [5.41, 5.74) is 2.96. The first-order chi connectivity index (χ1) is 6.33. The molecule has 1 aliphatic rings. The summed E-state index contributed by atoms with van der Waals surface area (Å²) >= 11 is 0. The van der Waals surface area contributed by atoms with Crippen molar-refractivity contribution in [3.05, 3.63) is 35.4 Å². The van der Waals surface area contributed by atoms with Crippen LogP contribution in [0, 0.1) is 0 Å². The molecule has 2 rings (SSSR count). The lowest BCUT2D eigenvalue weighted by Gasteiger charge is -2.19. The number of fused-ring (bicyclic) bond motifs is 1. The molecule has 1 unspecified atom stereocenters. The molecule has 0 saturated carbocycles. The molecule has 1 aromatic carbocycles. The van der Waals surface area contributed by atoms with Crippen LogP contribution in [-0.2, 0) is 6.54 Å². The van der Waals surface area contributed by atoms with E-state index < -0.39 is 0 Å². The Bertz CT molecular complexity index is 296. The lowest BCUT2D eigenvalue weighted by atomic mass is 10.1. The molecule has 1 aliphatic heterocycles. The van der Waals surface area contributed by atoms with Crippen molar-refractivity contribution in [1.29, 1.82) is 0 Å². The van der Waals surface area contributed by atoms with Crippen molar-refractivity contribution in [1.82, 2.24) is 10.2 Å². The Morgan fingerprint density at radius 3 is 3.00 bits per heavy atom. The fourth-order valence-electron chi connectivity index (χ4n) is 2.08. The van der Waals surface area contributed by atoms with Gasteiger partial charge in [0.15, 0.2) is 0 Å². The maximum atomic E-state index is 3.24. The van der Waals surface area contributed by atoms with Crippen LogP contribution in [-0.4, -0.2) is 25.5 Å². The average molecular weight is 176 g/mol. The maximum Gasteiger partial charge on any atom is 0.0476 e. The molecule has 2 nitrogen and oxygen atoms in total. The number of nitrogens with one attached hydrogen (secondary N) is 1. The first-order valence-corrected chi connectivity index (χ1v) is 4.75. The van der Waals surface area contributed by atoms with Gasteiger partial charge in [-0.15, -0.1) is 0 Å². The fourth-order valence-corrected chi connectivity index (χ4v) is 2.08. The van der Waals surface area contributed by atoms with E-state index in [-0.39, 0.29) is 0 Å². The molecule has 0 saturated heterocycles. The second-order valence-electron chi connectivity index (χ2n) is 3.69. The Labute approximate surface area is 79.6 Å². The van der Waals surface area contributed by atoms with Gasteiger partial charge in [-0.2, -0.15) is 0 Å². The van der Waals surface area contributed by atoms with Crippen molar-refractivity contribution < 1.29 is 0 Å². The van der Waals surface area contributed by atoms with E-state index in [0.29, 0.717) is 6.04 Å². The predicted molar refractivity (Wildman–Crippen MR) is 54.6 cm³/mol. The van der Waals surface area contributed by atoms with Crippen LogP contribution in [0.4, 0.5) is 0 Å². The zero-order chi connectivity index (χ0) is 9.26. The molecule has 0 fully saturated rings. The van der Waals surface area contributed by atoms with E-state index in [1.165, 1.54) is 11.1 Å². The monoisotopic (exact) mass is 176 g/mol. The average Bonchev–Trinajstić information content (AvgIpc) is 2.44. The minimum atomic E-state index is 0.557.